The van der Waals surface area contributed by atoms with Crippen LogP contribution in [-0.4, -0.2) is 33.2 Å². The zero-order valence-electron chi connectivity index (χ0n) is 10.3. The van der Waals surface area contributed by atoms with Crippen molar-refractivity contribution >= 4 is 11.8 Å². The van der Waals surface area contributed by atoms with E-state index in [0.717, 1.165) is 12.8 Å². The zero-order chi connectivity index (χ0) is 13.0. The second kappa shape index (κ2) is 5.20. The number of nitrogens with one attached hydrogen (secondary N) is 1. The summed E-state index contributed by atoms with van der Waals surface area (Å²) >= 11 is 0. The van der Waals surface area contributed by atoms with Gasteiger partial charge in [-0.15, -0.1) is 0 Å². The number of ether oxygens (including phenoxy) is 1. The summed E-state index contributed by atoms with van der Waals surface area (Å²) in [6, 6.07) is 1.63. The fourth-order valence-electron chi connectivity index (χ4n) is 2.25. The summed E-state index contributed by atoms with van der Waals surface area (Å²) in [7, 11) is 0. The first-order chi connectivity index (χ1) is 8.66. The molecule has 1 saturated carbocycles. The highest BCUT2D eigenvalue weighted by Gasteiger charge is 2.41. The third kappa shape index (κ3) is 2.52. The molecule has 0 atom stereocenters. The van der Waals surface area contributed by atoms with Crippen LogP contribution in [0.5, 0.6) is 5.88 Å². The van der Waals surface area contributed by atoms with Gasteiger partial charge < -0.3 is 15.2 Å². The summed E-state index contributed by atoms with van der Waals surface area (Å²) in [4.78, 5) is 19.4. The van der Waals surface area contributed by atoms with E-state index >= 15 is 0 Å². The number of carbonyl (C=O) groups is 1. The molecule has 1 aliphatic rings. The number of anilines is 1. The second-order valence-electron chi connectivity index (χ2n) is 4.39. The lowest BCUT2D eigenvalue weighted by Crippen LogP contribution is -2.43. The first kappa shape index (κ1) is 12.6. The van der Waals surface area contributed by atoms with Gasteiger partial charge in [0, 0.05) is 6.07 Å². The molecule has 0 unspecified atom stereocenters. The number of rotatable bonds is 5. The molecular weight excluding hydrogens is 234 g/mol. The highest BCUT2D eigenvalue weighted by atomic mass is 16.5. The van der Waals surface area contributed by atoms with E-state index in [4.69, 9.17) is 4.74 Å². The Morgan fingerprint density at radius 2 is 2.22 bits per heavy atom. The van der Waals surface area contributed by atoms with E-state index in [0.29, 0.717) is 31.1 Å². The van der Waals surface area contributed by atoms with Gasteiger partial charge in [-0.1, -0.05) is 12.8 Å². The van der Waals surface area contributed by atoms with Gasteiger partial charge in [0.25, 0.3) is 0 Å². The maximum Gasteiger partial charge on any atom is 0.329 e. The minimum Gasteiger partial charge on any atom is -0.480 e. The second-order valence-corrected chi connectivity index (χ2v) is 4.39. The average molecular weight is 251 g/mol. The van der Waals surface area contributed by atoms with Crippen molar-refractivity contribution in [2.75, 3.05) is 11.9 Å². The van der Waals surface area contributed by atoms with E-state index < -0.39 is 11.5 Å². The summed E-state index contributed by atoms with van der Waals surface area (Å²) in [5, 5.41) is 12.4. The van der Waals surface area contributed by atoms with E-state index in [9.17, 15) is 9.90 Å². The minimum absolute atomic E-state index is 0.452. The lowest BCUT2D eigenvalue weighted by atomic mass is 9.98. The summed E-state index contributed by atoms with van der Waals surface area (Å²) in [5.74, 6) is 0.128. The molecule has 0 aliphatic heterocycles. The number of hydrogen-bond acceptors (Lipinski definition) is 5. The van der Waals surface area contributed by atoms with Crippen molar-refractivity contribution in [2.24, 2.45) is 0 Å². The Hall–Kier alpha value is -1.85. The van der Waals surface area contributed by atoms with E-state index in [1.54, 1.807) is 6.07 Å². The quantitative estimate of drug-likeness (QED) is 0.828. The molecule has 0 bridgehead atoms. The topological polar surface area (TPSA) is 84.3 Å². The lowest BCUT2D eigenvalue weighted by molar-refractivity contribution is -0.142. The number of aliphatic carboxylic acids is 1. The predicted octanol–water partition coefficient (Wildman–Crippen LogP) is 1.68. The smallest absolute Gasteiger partial charge is 0.329 e. The van der Waals surface area contributed by atoms with Gasteiger partial charge in [0.15, 0.2) is 0 Å². The third-order valence-corrected chi connectivity index (χ3v) is 3.17. The number of carboxylic acids is 1. The van der Waals surface area contributed by atoms with Crippen molar-refractivity contribution in [3.8, 4) is 5.88 Å². The van der Waals surface area contributed by atoms with Crippen molar-refractivity contribution < 1.29 is 14.6 Å². The van der Waals surface area contributed by atoms with Gasteiger partial charge in [-0.05, 0) is 19.8 Å². The molecule has 2 N–H and O–H groups in total. The molecule has 0 saturated heterocycles. The molecule has 0 aromatic carbocycles. The Kier molecular flexibility index (Phi) is 3.64. The molecule has 6 heteroatoms. The monoisotopic (exact) mass is 251 g/mol. The predicted molar refractivity (Wildman–Crippen MR) is 65.7 cm³/mol. The average Bonchev–Trinajstić information content (AvgIpc) is 2.80. The van der Waals surface area contributed by atoms with E-state index in [2.05, 4.69) is 15.3 Å². The summed E-state index contributed by atoms with van der Waals surface area (Å²) < 4.78 is 5.27. The van der Waals surface area contributed by atoms with Crippen LogP contribution in [-0.2, 0) is 4.79 Å². The van der Waals surface area contributed by atoms with Gasteiger partial charge >= 0.3 is 5.97 Å². The van der Waals surface area contributed by atoms with Crippen LogP contribution in [0, 0.1) is 0 Å². The Morgan fingerprint density at radius 3 is 2.83 bits per heavy atom. The van der Waals surface area contributed by atoms with Gasteiger partial charge in [-0.25, -0.2) is 14.8 Å². The molecule has 0 radical (unpaired) electrons. The first-order valence-corrected chi connectivity index (χ1v) is 6.13. The van der Waals surface area contributed by atoms with Crippen LogP contribution in [0.15, 0.2) is 12.4 Å². The fraction of sp³-hybridized carbons (Fsp3) is 0.583. The maximum absolute atomic E-state index is 11.4. The number of carboxylic acid groups (broad SMARTS) is 1. The van der Waals surface area contributed by atoms with Gasteiger partial charge in [-0.2, -0.15) is 0 Å². The molecule has 0 amide bonds. The standard InChI is InChI=1S/C12H17N3O3/c1-2-18-10-7-9(13-8-14-10)15-12(11(16)17)5-3-4-6-12/h7-8H,2-6H2,1H3,(H,16,17)(H,13,14,15). The summed E-state index contributed by atoms with van der Waals surface area (Å²) in [5.41, 5.74) is -0.891. The zero-order valence-corrected chi connectivity index (χ0v) is 10.3. The molecule has 18 heavy (non-hydrogen) atoms. The normalized spacial score (nSPS) is 17.4. The molecule has 1 aromatic rings. The molecule has 0 spiro atoms. The summed E-state index contributed by atoms with van der Waals surface area (Å²) in [6.07, 6.45) is 4.45. The maximum atomic E-state index is 11.4. The molecule has 2 rings (SSSR count). The van der Waals surface area contributed by atoms with Crippen molar-refractivity contribution in [3.63, 3.8) is 0 Å². The largest absolute Gasteiger partial charge is 0.480 e. The van der Waals surface area contributed by atoms with Crippen LogP contribution < -0.4 is 10.1 Å². The van der Waals surface area contributed by atoms with Crippen LogP contribution in [0.1, 0.15) is 32.6 Å². The van der Waals surface area contributed by atoms with Crippen molar-refractivity contribution in [1.29, 1.82) is 0 Å². The number of hydrogen-bond donors (Lipinski definition) is 2. The number of nitrogens with zero attached hydrogens (tertiary/aromatic N) is 2. The van der Waals surface area contributed by atoms with Gasteiger partial charge in [0.1, 0.15) is 17.7 Å². The Bertz CT molecular complexity index is 430. The van der Waals surface area contributed by atoms with E-state index in [-0.39, 0.29) is 0 Å². The molecule has 6 nitrogen and oxygen atoms in total. The molecule has 1 heterocycles. The Morgan fingerprint density at radius 1 is 1.50 bits per heavy atom. The van der Waals surface area contributed by atoms with Crippen molar-refractivity contribution in [3.05, 3.63) is 12.4 Å². The molecule has 1 aromatic heterocycles. The highest BCUT2D eigenvalue weighted by molar-refractivity contribution is 5.82. The van der Waals surface area contributed by atoms with Gasteiger partial charge in [0.05, 0.1) is 6.61 Å². The van der Waals surface area contributed by atoms with Crippen molar-refractivity contribution in [2.45, 2.75) is 38.1 Å². The van der Waals surface area contributed by atoms with Crippen LogP contribution in [0.3, 0.4) is 0 Å². The van der Waals surface area contributed by atoms with Gasteiger partial charge in [0.2, 0.25) is 5.88 Å². The molecule has 1 fully saturated rings. The first-order valence-electron chi connectivity index (χ1n) is 6.13. The van der Waals surface area contributed by atoms with Crippen molar-refractivity contribution in [1.82, 2.24) is 9.97 Å². The fourth-order valence-corrected chi connectivity index (χ4v) is 2.25. The van der Waals surface area contributed by atoms with E-state index in [1.165, 1.54) is 6.33 Å². The van der Waals surface area contributed by atoms with Crippen LogP contribution >= 0.6 is 0 Å². The lowest BCUT2D eigenvalue weighted by Gasteiger charge is -2.25. The molecular formula is C12H17N3O3. The molecule has 1 aliphatic carbocycles. The summed E-state index contributed by atoms with van der Waals surface area (Å²) in [6.45, 7) is 2.38. The third-order valence-electron chi connectivity index (χ3n) is 3.17. The Labute approximate surface area is 105 Å². The van der Waals surface area contributed by atoms with Crippen LogP contribution in [0.2, 0.25) is 0 Å². The molecule has 98 valence electrons. The van der Waals surface area contributed by atoms with E-state index in [1.807, 2.05) is 6.92 Å². The van der Waals surface area contributed by atoms with Crippen LogP contribution in [0.4, 0.5) is 5.82 Å². The van der Waals surface area contributed by atoms with Crippen LogP contribution in [0.25, 0.3) is 0 Å². The number of aromatic nitrogens is 2. The highest BCUT2D eigenvalue weighted by Crippen LogP contribution is 2.33. The Balaban J connectivity index is 2.16. The SMILES string of the molecule is CCOc1cc(NC2(C(=O)O)CCCC2)ncn1. The minimum atomic E-state index is -0.891. The van der Waals surface area contributed by atoms with Gasteiger partial charge in [-0.3, -0.25) is 0 Å².